The maximum absolute atomic E-state index is 13.0. The highest BCUT2D eigenvalue weighted by atomic mass is 16.5. The minimum Gasteiger partial charge on any atom is -0.444 e. The Balaban J connectivity index is 1.53. The molecule has 1 aromatic heterocycles. The van der Waals surface area contributed by atoms with Crippen molar-refractivity contribution in [3.8, 4) is 5.69 Å². The lowest BCUT2D eigenvalue weighted by atomic mass is 10.1. The first-order valence-corrected chi connectivity index (χ1v) is 9.18. The van der Waals surface area contributed by atoms with E-state index in [2.05, 4.69) is 15.5 Å². The first kappa shape index (κ1) is 18.8. The van der Waals surface area contributed by atoms with Gasteiger partial charge in [0.1, 0.15) is 6.33 Å². The zero-order valence-electron chi connectivity index (χ0n) is 15.5. The molecule has 9 nitrogen and oxygen atoms in total. The third-order valence-electron chi connectivity index (χ3n) is 4.59. The van der Waals surface area contributed by atoms with Gasteiger partial charge in [0.05, 0.1) is 24.5 Å². The molecule has 0 unspecified atom stereocenters. The van der Waals surface area contributed by atoms with Crippen molar-refractivity contribution in [3.05, 3.63) is 72.1 Å². The highest BCUT2D eigenvalue weighted by Gasteiger charge is 2.30. The summed E-state index contributed by atoms with van der Waals surface area (Å²) < 4.78 is 12.4. The van der Waals surface area contributed by atoms with E-state index >= 15 is 0 Å². The minimum absolute atomic E-state index is 0.252. The summed E-state index contributed by atoms with van der Waals surface area (Å²) in [6, 6.07) is 15.6. The number of ether oxygens (including phenoxy) is 2. The van der Waals surface area contributed by atoms with Gasteiger partial charge in [-0.05, 0) is 34.7 Å². The Kier molecular flexibility index (Phi) is 5.57. The van der Waals surface area contributed by atoms with Gasteiger partial charge in [-0.15, -0.1) is 5.10 Å². The van der Waals surface area contributed by atoms with Crippen LogP contribution in [-0.4, -0.2) is 63.3 Å². The molecule has 2 heterocycles. The van der Waals surface area contributed by atoms with Gasteiger partial charge in [-0.1, -0.05) is 30.3 Å². The van der Waals surface area contributed by atoms with E-state index in [9.17, 15) is 9.59 Å². The lowest BCUT2D eigenvalue weighted by molar-refractivity contribution is -0.145. The fourth-order valence-electron chi connectivity index (χ4n) is 3.04. The molecule has 9 heteroatoms. The summed E-state index contributed by atoms with van der Waals surface area (Å²) in [4.78, 5) is 27.5. The van der Waals surface area contributed by atoms with Gasteiger partial charge in [0.25, 0.3) is 5.91 Å². The lowest BCUT2D eigenvalue weighted by Gasteiger charge is -2.30. The number of aromatic nitrogens is 4. The van der Waals surface area contributed by atoms with Crippen molar-refractivity contribution < 1.29 is 19.1 Å². The lowest BCUT2D eigenvalue weighted by Crippen LogP contribution is -2.44. The van der Waals surface area contributed by atoms with Gasteiger partial charge in [-0.25, -0.2) is 9.48 Å². The van der Waals surface area contributed by atoms with Gasteiger partial charge in [0.15, 0.2) is 0 Å². The second-order valence-corrected chi connectivity index (χ2v) is 6.43. The van der Waals surface area contributed by atoms with Crippen molar-refractivity contribution in [1.82, 2.24) is 25.1 Å². The van der Waals surface area contributed by atoms with Crippen molar-refractivity contribution in [2.24, 2.45) is 0 Å². The molecule has 2 aromatic carbocycles. The predicted octanol–water partition coefficient (Wildman–Crippen LogP) is 1.42. The third kappa shape index (κ3) is 4.30. The molecule has 3 aromatic rings. The van der Waals surface area contributed by atoms with E-state index in [0.717, 1.165) is 0 Å². The smallest absolute Gasteiger partial charge is 0.339 e. The Morgan fingerprint density at radius 2 is 1.72 bits per heavy atom. The van der Waals surface area contributed by atoms with Crippen LogP contribution < -0.4 is 0 Å². The maximum Gasteiger partial charge on any atom is 0.339 e. The average Bonchev–Trinajstić information content (AvgIpc) is 3.33. The van der Waals surface area contributed by atoms with E-state index in [0.29, 0.717) is 43.1 Å². The highest BCUT2D eigenvalue weighted by Crippen LogP contribution is 2.23. The summed E-state index contributed by atoms with van der Waals surface area (Å²) in [6.07, 6.45) is 0.445. The van der Waals surface area contributed by atoms with Crippen LogP contribution in [0.25, 0.3) is 5.69 Å². The monoisotopic (exact) mass is 393 g/mol. The third-order valence-corrected chi connectivity index (χ3v) is 4.59. The summed E-state index contributed by atoms with van der Waals surface area (Å²) in [5.41, 5.74) is 1.66. The van der Waals surface area contributed by atoms with Crippen molar-refractivity contribution in [3.63, 3.8) is 0 Å². The summed E-state index contributed by atoms with van der Waals surface area (Å²) in [6.45, 7) is 1.89. The van der Waals surface area contributed by atoms with Crippen LogP contribution in [-0.2, 0) is 14.3 Å². The Hall–Kier alpha value is -3.59. The molecule has 1 atom stereocenters. The van der Waals surface area contributed by atoms with Crippen molar-refractivity contribution in [2.75, 3.05) is 26.3 Å². The summed E-state index contributed by atoms with van der Waals surface area (Å²) in [5, 5.41) is 11.0. The second kappa shape index (κ2) is 8.61. The average molecular weight is 393 g/mol. The number of esters is 1. The molecule has 29 heavy (non-hydrogen) atoms. The van der Waals surface area contributed by atoms with Gasteiger partial charge in [0.2, 0.25) is 6.10 Å². The standard InChI is InChI=1S/C20H19N5O4/c26-19(24-10-12-28-13-11-24)18(15-4-2-1-3-5-15)29-20(27)16-6-8-17(9-7-16)25-14-21-22-23-25/h1-9,14,18H,10-13H2/t18-/m1/s1. The first-order valence-electron chi connectivity index (χ1n) is 9.18. The molecule has 0 radical (unpaired) electrons. The molecule has 4 rings (SSSR count). The molecule has 1 saturated heterocycles. The molecule has 0 saturated carbocycles. The minimum atomic E-state index is -1.01. The highest BCUT2D eigenvalue weighted by molar-refractivity contribution is 5.93. The predicted molar refractivity (Wildman–Crippen MR) is 101 cm³/mol. The van der Waals surface area contributed by atoms with Crippen LogP contribution in [0.1, 0.15) is 22.0 Å². The molecule has 148 valence electrons. The number of carbonyl (C=O) groups is 2. The van der Waals surface area contributed by atoms with Crippen molar-refractivity contribution >= 4 is 11.9 Å². The van der Waals surface area contributed by atoms with Crippen LogP contribution in [0.2, 0.25) is 0 Å². The van der Waals surface area contributed by atoms with E-state index < -0.39 is 12.1 Å². The Morgan fingerprint density at radius 1 is 1.00 bits per heavy atom. The van der Waals surface area contributed by atoms with Gasteiger partial charge < -0.3 is 14.4 Å². The van der Waals surface area contributed by atoms with Gasteiger partial charge >= 0.3 is 5.97 Å². The fraction of sp³-hybridized carbons (Fsp3) is 0.250. The zero-order valence-corrected chi connectivity index (χ0v) is 15.5. The molecule has 0 aliphatic carbocycles. The summed E-state index contributed by atoms with van der Waals surface area (Å²) >= 11 is 0. The molecular formula is C20H19N5O4. The zero-order chi connectivity index (χ0) is 20.1. The Labute approximate surface area is 166 Å². The number of hydrogen-bond acceptors (Lipinski definition) is 7. The topological polar surface area (TPSA) is 99.4 Å². The second-order valence-electron chi connectivity index (χ2n) is 6.43. The van der Waals surface area contributed by atoms with Crippen LogP contribution in [0, 0.1) is 0 Å². The normalized spacial score (nSPS) is 15.0. The molecule has 0 bridgehead atoms. The Bertz CT molecular complexity index is 954. The Morgan fingerprint density at radius 3 is 2.38 bits per heavy atom. The molecule has 1 amide bonds. The van der Waals surface area contributed by atoms with Crippen LogP contribution in [0.3, 0.4) is 0 Å². The summed E-state index contributed by atoms with van der Waals surface area (Å²) in [7, 11) is 0. The molecule has 1 aliphatic rings. The van der Waals surface area contributed by atoms with E-state index in [-0.39, 0.29) is 5.91 Å². The van der Waals surface area contributed by atoms with E-state index in [1.54, 1.807) is 41.3 Å². The van der Waals surface area contributed by atoms with Crippen LogP contribution in [0.4, 0.5) is 0 Å². The van der Waals surface area contributed by atoms with E-state index in [1.807, 2.05) is 18.2 Å². The molecular weight excluding hydrogens is 374 g/mol. The van der Waals surface area contributed by atoms with Crippen LogP contribution >= 0.6 is 0 Å². The van der Waals surface area contributed by atoms with Crippen LogP contribution in [0.15, 0.2) is 60.9 Å². The molecule has 0 spiro atoms. The van der Waals surface area contributed by atoms with Gasteiger partial charge in [-0.2, -0.15) is 0 Å². The van der Waals surface area contributed by atoms with Crippen molar-refractivity contribution in [2.45, 2.75) is 6.10 Å². The number of nitrogens with zero attached hydrogens (tertiary/aromatic N) is 5. The largest absolute Gasteiger partial charge is 0.444 e. The number of amides is 1. The van der Waals surface area contributed by atoms with Crippen molar-refractivity contribution in [1.29, 1.82) is 0 Å². The maximum atomic E-state index is 13.0. The number of tetrazole rings is 1. The van der Waals surface area contributed by atoms with E-state index in [1.165, 1.54) is 11.0 Å². The van der Waals surface area contributed by atoms with Gasteiger partial charge in [-0.3, -0.25) is 4.79 Å². The number of benzene rings is 2. The molecule has 0 N–H and O–H groups in total. The van der Waals surface area contributed by atoms with E-state index in [4.69, 9.17) is 9.47 Å². The quantitative estimate of drug-likeness (QED) is 0.605. The number of carbonyl (C=O) groups excluding carboxylic acids is 2. The van der Waals surface area contributed by atoms with Gasteiger partial charge in [0, 0.05) is 18.7 Å². The summed E-state index contributed by atoms with van der Waals surface area (Å²) in [5.74, 6) is -0.832. The fourth-order valence-corrected chi connectivity index (χ4v) is 3.04. The first-order chi connectivity index (χ1) is 14.2. The number of morpholine rings is 1. The SMILES string of the molecule is O=C(O[C@@H](C(=O)N1CCOCC1)c1ccccc1)c1ccc(-n2cnnn2)cc1. The molecule has 1 fully saturated rings. The van der Waals surface area contributed by atoms with Crippen LogP contribution in [0.5, 0.6) is 0 Å². The number of rotatable bonds is 5. The number of hydrogen-bond donors (Lipinski definition) is 0. The molecule has 1 aliphatic heterocycles.